The summed E-state index contributed by atoms with van der Waals surface area (Å²) in [6.07, 6.45) is 2.60. The van der Waals surface area contributed by atoms with Gasteiger partial charge < -0.3 is 10.0 Å². The van der Waals surface area contributed by atoms with Gasteiger partial charge in [0.1, 0.15) is 5.75 Å². The molecule has 0 aliphatic heterocycles. The molecule has 0 saturated carbocycles. The highest BCUT2D eigenvalue weighted by Crippen LogP contribution is 2.16. The summed E-state index contributed by atoms with van der Waals surface area (Å²) in [7, 11) is 4.03. The number of rotatable bonds is 3. The molecule has 3 heteroatoms. The molecule has 17 heavy (non-hydrogen) atoms. The second-order valence-corrected chi connectivity index (χ2v) is 4.24. The number of hydrogen-bond donors (Lipinski definition) is 1. The van der Waals surface area contributed by atoms with Crippen LogP contribution in [0.15, 0.2) is 42.6 Å². The molecule has 2 aromatic rings. The quantitative estimate of drug-likeness (QED) is 0.876. The molecular formula is C14H16N2O. The summed E-state index contributed by atoms with van der Waals surface area (Å²) in [5.74, 6) is 0.295. The average Bonchev–Trinajstić information content (AvgIpc) is 2.32. The third kappa shape index (κ3) is 2.97. The Morgan fingerprint density at radius 3 is 2.47 bits per heavy atom. The molecule has 1 aromatic carbocycles. The van der Waals surface area contributed by atoms with Gasteiger partial charge in [-0.05, 0) is 29.8 Å². The fourth-order valence-electron chi connectivity index (χ4n) is 1.66. The van der Waals surface area contributed by atoms with Gasteiger partial charge in [-0.1, -0.05) is 12.1 Å². The Hall–Kier alpha value is -2.03. The molecule has 1 aromatic heterocycles. The summed E-state index contributed by atoms with van der Waals surface area (Å²) in [6, 6.07) is 11.3. The molecule has 88 valence electrons. The molecule has 0 radical (unpaired) electrons. The Kier molecular flexibility index (Phi) is 3.28. The van der Waals surface area contributed by atoms with Crippen molar-refractivity contribution in [2.24, 2.45) is 0 Å². The number of nitrogens with zero attached hydrogens (tertiary/aromatic N) is 2. The molecule has 0 aliphatic carbocycles. The fraction of sp³-hybridized carbons (Fsp3) is 0.214. The number of aromatic hydroxyl groups is 1. The van der Waals surface area contributed by atoms with E-state index in [0.29, 0.717) is 5.75 Å². The van der Waals surface area contributed by atoms with Crippen molar-refractivity contribution in [3.05, 3.63) is 53.9 Å². The van der Waals surface area contributed by atoms with Crippen molar-refractivity contribution in [2.75, 3.05) is 19.0 Å². The zero-order valence-corrected chi connectivity index (χ0v) is 10.1. The number of phenols is 1. The third-order valence-corrected chi connectivity index (χ3v) is 2.64. The Morgan fingerprint density at radius 1 is 1.12 bits per heavy atom. The van der Waals surface area contributed by atoms with E-state index in [2.05, 4.69) is 16.0 Å². The van der Waals surface area contributed by atoms with E-state index in [0.717, 1.165) is 23.4 Å². The molecule has 1 heterocycles. The topological polar surface area (TPSA) is 36.4 Å². The Balaban J connectivity index is 2.18. The van der Waals surface area contributed by atoms with Gasteiger partial charge in [-0.3, -0.25) is 4.98 Å². The number of hydrogen-bond acceptors (Lipinski definition) is 3. The van der Waals surface area contributed by atoms with Crippen LogP contribution >= 0.6 is 0 Å². The van der Waals surface area contributed by atoms with E-state index in [4.69, 9.17) is 0 Å². The van der Waals surface area contributed by atoms with E-state index >= 15 is 0 Å². The molecule has 0 unspecified atom stereocenters. The van der Waals surface area contributed by atoms with Crippen LogP contribution in [0.4, 0.5) is 5.69 Å². The monoisotopic (exact) mass is 228 g/mol. The molecule has 0 bridgehead atoms. The van der Waals surface area contributed by atoms with Gasteiger partial charge in [0.2, 0.25) is 0 Å². The normalized spacial score (nSPS) is 10.2. The largest absolute Gasteiger partial charge is 0.508 e. The number of anilines is 1. The molecule has 2 rings (SSSR count). The number of phenolic OH excluding ortho intramolecular Hbond substituents is 1. The maximum atomic E-state index is 9.22. The molecule has 3 nitrogen and oxygen atoms in total. The van der Waals surface area contributed by atoms with Gasteiger partial charge in [-0.25, -0.2) is 0 Å². The lowest BCUT2D eigenvalue weighted by atomic mass is 10.1. The number of benzene rings is 1. The molecule has 1 N–H and O–H groups in total. The van der Waals surface area contributed by atoms with E-state index in [1.165, 1.54) is 0 Å². The molecule has 0 atom stereocenters. The lowest BCUT2D eigenvalue weighted by Crippen LogP contribution is -2.09. The average molecular weight is 228 g/mol. The van der Waals surface area contributed by atoms with Gasteiger partial charge in [0.15, 0.2) is 0 Å². The van der Waals surface area contributed by atoms with Crippen molar-refractivity contribution in [2.45, 2.75) is 6.42 Å². The first-order chi connectivity index (χ1) is 8.15. The van der Waals surface area contributed by atoms with Gasteiger partial charge in [0, 0.05) is 38.1 Å². The second kappa shape index (κ2) is 4.87. The lowest BCUT2D eigenvalue weighted by molar-refractivity contribution is 0.475. The van der Waals surface area contributed by atoms with Crippen LogP contribution in [0, 0.1) is 0 Å². The van der Waals surface area contributed by atoms with Crippen molar-refractivity contribution in [1.29, 1.82) is 0 Å². The van der Waals surface area contributed by atoms with Crippen molar-refractivity contribution in [3.63, 3.8) is 0 Å². The Labute approximate surface area is 101 Å². The first kappa shape index (κ1) is 11.5. The third-order valence-electron chi connectivity index (χ3n) is 2.64. The summed E-state index contributed by atoms with van der Waals surface area (Å²) in [5.41, 5.74) is 3.32. The Morgan fingerprint density at radius 2 is 1.82 bits per heavy atom. The van der Waals surface area contributed by atoms with Crippen molar-refractivity contribution < 1.29 is 5.11 Å². The SMILES string of the molecule is CN(C)c1ccnc(Cc2ccc(O)cc2)c1. The maximum absolute atomic E-state index is 9.22. The highest BCUT2D eigenvalue weighted by atomic mass is 16.3. The number of pyridine rings is 1. The van der Waals surface area contributed by atoms with E-state index < -0.39 is 0 Å². The molecule has 0 aliphatic rings. The van der Waals surface area contributed by atoms with Crippen LogP contribution in [0.2, 0.25) is 0 Å². The summed E-state index contributed by atoms with van der Waals surface area (Å²) < 4.78 is 0. The highest BCUT2D eigenvalue weighted by Gasteiger charge is 2.01. The van der Waals surface area contributed by atoms with Crippen LogP contribution < -0.4 is 4.90 Å². The van der Waals surface area contributed by atoms with Crippen LogP contribution in [0.5, 0.6) is 5.75 Å². The van der Waals surface area contributed by atoms with Crippen molar-refractivity contribution in [3.8, 4) is 5.75 Å². The smallest absolute Gasteiger partial charge is 0.115 e. The van der Waals surface area contributed by atoms with E-state index in [9.17, 15) is 5.11 Å². The van der Waals surface area contributed by atoms with Gasteiger partial charge in [-0.15, -0.1) is 0 Å². The predicted octanol–water partition coefficient (Wildman–Crippen LogP) is 2.44. The van der Waals surface area contributed by atoms with Gasteiger partial charge in [0.25, 0.3) is 0 Å². The van der Waals surface area contributed by atoms with E-state index in [1.54, 1.807) is 12.1 Å². The highest BCUT2D eigenvalue weighted by molar-refractivity contribution is 5.45. The minimum Gasteiger partial charge on any atom is -0.508 e. The van der Waals surface area contributed by atoms with Gasteiger partial charge in [-0.2, -0.15) is 0 Å². The summed E-state index contributed by atoms with van der Waals surface area (Å²) in [4.78, 5) is 6.41. The molecule has 0 amide bonds. The lowest BCUT2D eigenvalue weighted by Gasteiger charge is -2.13. The summed E-state index contributed by atoms with van der Waals surface area (Å²) >= 11 is 0. The van der Waals surface area contributed by atoms with Crippen molar-refractivity contribution >= 4 is 5.69 Å². The molecule has 0 saturated heterocycles. The van der Waals surface area contributed by atoms with Gasteiger partial charge in [0.05, 0.1) is 0 Å². The summed E-state index contributed by atoms with van der Waals surface area (Å²) in [5, 5.41) is 9.22. The summed E-state index contributed by atoms with van der Waals surface area (Å²) in [6.45, 7) is 0. The zero-order chi connectivity index (χ0) is 12.3. The van der Waals surface area contributed by atoms with Crippen LogP contribution in [0.25, 0.3) is 0 Å². The van der Waals surface area contributed by atoms with Crippen LogP contribution in [0.3, 0.4) is 0 Å². The maximum Gasteiger partial charge on any atom is 0.115 e. The minimum absolute atomic E-state index is 0.295. The fourth-order valence-corrected chi connectivity index (χ4v) is 1.66. The van der Waals surface area contributed by atoms with Gasteiger partial charge >= 0.3 is 0 Å². The number of aromatic nitrogens is 1. The zero-order valence-electron chi connectivity index (χ0n) is 10.1. The van der Waals surface area contributed by atoms with Crippen LogP contribution in [0.1, 0.15) is 11.3 Å². The van der Waals surface area contributed by atoms with Crippen molar-refractivity contribution in [1.82, 2.24) is 4.98 Å². The van der Waals surface area contributed by atoms with Crippen LogP contribution in [-0.4, -0.2) is 24.2 Å². The molecular weight excluding hydrogens is 212 g/mol. The minimum atomic E-state index is 0.295. The first-order valence-corrected chi connectivity index (χ1v) is 5.55. The van der Waals surface area contributed by atoms with E-state index in [1.807, 2.05) is 38.5 Å². The molecule has 0 spiro atoms. The molecule has 0 fully saturated rings. The second-order valence-electron chi connectivity index (χ2n) is 4.24. The van der Waals surface area contributed by atoms with Crippen LogP contribution in [-0.2, 0) is 6.42 Å². The standard InChI is InChI=1S/C14H16N2O/c1-16(2)13-7-8-15-12(10-13)9-11-3-5-14(17)6-4-11/h3-8,10,17H,9H2,1-2H3. The first-order valence-electron chi connectivity index (χ1n) is 5.55. The van der Waals surface area contributed by atoms with E-state index in [-0.39, 0.29) is 0 Å². The Bertz CT molecular complexity index is 492. The predicted molar refractivity (Wildman–Crippen MR) is 69.5 cm³/mol.